The maximum Gasteiger partial charge on any atom is 0.269 e. The highest BCUT2D eigenvalue weighted by atomic mass is 16.6. The number of hydrogen-bond donors (Lipinski definition) is 0. The first-order chi connectivity index (χ1) is 10.1. The van der Waals surface area contributed by atoms with Crippen LogP contribution in [0, 0.1) is 10.1 Å². The van der Waals surface area contributed by atoms with Gasteiger partial charge in [0.2, 0.25) is 0 Å². The smallest absolute Gasteiger partial charge is 0.269 e. The molecule has 0 spiro atoms. The van der Waals surface area contributed by atoms with Crippen molar-refractivity contribution < 1.29 is 9.66 Å². The van der Waals surface area contributed by atoms with Gasteiger partial charge >= 0.3 is 0 Å². The molecule has 0 aliphatic carbocycles. The minimum absolute atomic E-state index is 0.155. The molecule has 0 unspecified atom stereocenters. The standard InChI is InChI=1S/C9H12O.C8H9NO2/c1-3-8-4-6-9(10-2)7-5-8;1-2-7-3-5-8(6-4-7)9(10)11/h4-7H,3H2,1-2H3;3-6H,2H2,1H3. The van der Waals surface area contributed by atoms with Gasteiger partial charge in [0.25, 0.3) is 5.69 Å². The second-order valence-corrected chi connectivity index (χ2v) is 4.48. The number of nitro groups is 1. The van der Waals surface area contributed by atoms with Gasteiger partial charge in [-0.2, -0.15) is 0 Å². The fraction of sp³-hybridized carbons (Fsp3) is 0.294. The molecule has 0 saturated heterocycles. The predicted molar refractivity (Wildman–Crippen MR) is 84.8 cm³/mol. The zero-order chi connectivity index (χ0) is 15.7. The van der Waals surface area contributed by atoms with Crippen molar-refractivity contribution in [1.82, 2.24) is 0 Å². The van der Waals surface area contributed by atoms with E-state index in [-0.39, 0.29) is 10.6 Å². The monoisotopic (exact) mass is 287 g/mol. The third-order valence-corrected chi connectivity index (χ3v) is 3.12. The van der Waals surface area contributed by atoms with Crippen molar-refractivity contribution in [2.75, 3.05) is 7.11 Å². The van der Waals surface area contributed by atoms with Gasteiger partial charge in [0.1, 0.15) is 5.75 Å². The Bertz CT molecular complexity index is 524. The Hall–Kier alpha value is -2.36. The van der Waals surface area contributed by atoms with Gasteiger partial charge in [-0.1, -0.05) is 38.1 Å². The number of benzene rings is 2. The highest BCUT2D eigenvalue weighted by Crippen LogP contribution is 2.12. The maximum absolute atomic E-state index is 10.2. The quantitative estimate of drug-likeness (QED) is 0.618. The SMILES string of the molecule is CCc1ccc(OC)cc1.CCc1ccc([N+](=O)[O-])cc1. The molecule has 0 aliphatic rings. The summed E-state index contributed by atoms with van der Waals surface area (Å²) in [6.07, 6.45) is 2.00. The second-order valence-electron chi connectivity index (χ2n) is 4.48. The summed E-state index contributed by atoms with van der Waals surface area (Å²) >= 11 is 0. The fourth-order valence-electron chi connectivity index (χ4n) is 1.71. The molecule has 0 fully saturated rings. The number of aryl methyl sites for hydroxylation is 2. The molecule has 112 valence electrons. The lowest BCUT2D eigenvalue weighted by Gasteiger charge is -1.99. The van der Waals surface area contributed by atoms with Gasteiger partial charge in [0.05, 0.1) is 12.0 Å². The van der Waals surface area contributed by atoms with Gasteiger partial charge in [-0.3, -0.25) is 10.1 Å². The molecule has 2 rings (SSSR count). The molecule has 0 atom stereocenters. The van der Waals surface area contributed by atoms with Gasteiger partial charge in [-0.15, -0.1) is 0 Å². The van der Waals surface area contributed by atoms with E-state index in [0.717, 1.165) is 24.2 Å². The average molecular weight is 287 g/mol. The molecule has 21 heavy (non-hydrogen) atoms. The Balaban J connectivity index is 0.000000211. The number of rotatable bonds is 4. The van der Waals surface area contributed by atoms with Crippen molar-refractivity contribution in [3.05, 3.63) is 69.8 Å². The van der Waals surface area contributed by atoms with E-state index < -0.39 is 0 Å². The van der Waals surface area contributed by atoms with Crippen LogP contribution in [0.3, 0.4) is 0 Å². The van der Waals surface area contributed by atoms with Crippen molar-refractivity contribution in [1.29, 1.82) is 0 Å². The zero-order valence-electron chi connectivity index (χ0n) is 12.7. The van der Waals surface area contributed by atoms with Crippen molar-refractivity contribution in [3.63, 3.8) is 0 Å². The van der Waals surface area contributed by atoms with Crippen LogP contribution >= 0.6 is 0 Å². The third-order valence-electron chi connectivity index (χ3n) is 3.12. The van der Waals surface area contributed by atoms with E-state index in [1.165, 1.54) is 17.7 Å². The fourth-order valence-corrected chi connectivity index (χ4v) is 1.71. The molecule has 0 heterocycles. The minimum atomic E-state index is -0.389. The number of hydrogen-bond acceptors (Lipinski definition) is 3. The summed E-state index contributed by atoms with van der Waals surface area (Å²) in [7, 11) is 1.68. The Labute approximate surface area is 125 Å². The van der Waals surface area contributed by atoms with Crippen LogP contribution in [0.1, 0.15) is 25.0 Å². The zero-order valence-corrected chi connectivity index (χ0v) is 12.7. The molecule has 0 aromatic heterocycles. The van der Waals surface area contributed by atoms with E-state index >= 15 is 0 Å². The van der Waals surface area contributed by atoms with E-state index in [4.69, 9.17) is 4.74 Å². The van der Waals surface area contributed by atoms with Gasteiger partial charge in [-0.05, 0) is 36.1 Å². The van der Waals surface area contributed by atoms with Crippen LogP contribution < -0.4 is 4.74 Å². The van der Waals surface area contributed by atoms with Gasteiger partial charge in [0, 0.05) is 12.1 Å². The molecule has 0 saturated carbocycles. The molecule has 0 N–H and O–H groups in total. The summed E-state index contributed by atoms with van der Waals surface area (Å²) in [5, 5.41) is 10.2. The summed E-state index contributed by atoms with van der Waals surface area (Å²) in [6.45, 7) is 4.16. The molecule has 0 radical (unpaired) electrons. The first kappa shape index (κ1) is 16.7. The number of nitrogens with zero attached hydrogens (tertiary/aromatic N) is 1. The van der Waals surface area contributed by atoms with Crippen LogP contribution in [0.15, 0.2) is 48.5 Å². The van der Waals surface area contributed by atoms with E-state index in [1.54, 1.807) is 19.2 Å². The summed E-state index contributed by atoms with van der Waals surface area (Å²) in [5.41, 5.74) is 2.62. The topological polar surface area (TPSA) is 52.4 Å². The van der Waals surface area contributed by atoms with Crippen LogP contribution in [0.5, 0.6) is 5.75 Å². The maximum atomic E-state index is 10.2. The second kappa shape index (κ2) is 8.74. The lowest BCUT2D eigenvalue weighted by Crippen LogP contribution is -1.87. The Kier molecular flexibility index (Phi) is 6.95. The number of ether oxygens (including phenoxy) is 1. The van der Waals surface area contributed by atoms with Gasteiger partial charge in [-0.25, -0.2) is 0 Å². The van der Waals surface area contributed by atoms with Crippen molar-refractivity contribution >= 4 is 5.69 Å². The largest absolute Gasteiger partial charge is 0.497 e. The first-order valence-corrected chi connectivity index (χ1v) is 6.97. The normalized spacial score (nSPS) is 9.48. The van der Waals surface area contributed by atoms with Crippen LogP contribution in [0.2, 0.25) is 0 Å². The Morgan fingerprint density at radius 2 is 1.33 bits per heavy atom. The summed E-state index contributed by atoms with van der Waals surface area (Å²) in [6, 6.07) is 14.7. The van der Waals surface area contributed by atoms with E-state index in [1.807, 2.05) is 19.1 Å². The van der Waals surface area contributed by atoms with E-state index in [2.05, 4.69) is 19.1 Å². The highest BCUT2D eigenvalue weighted by molar-refractivity contribution is 5.32. The van der Waals surface area contributed by atoms with Gasteiger partial charge in [0.15, 0.2) is 0 Å². The predicted octanol–water partition coefficient (Wildman–Crippen LogP) is 4.41. The van der Waals surface area contributed by atoms with Crippen molar-refractivity contribution in [3.8, 4) is 5.75 Å². The number of methoxy groups -OCH3 is 1. The summed E-state index contributed by atoms with van der Waals surface area (Å²) < 4.78 is 5.01. The lowest BCUT2D eigenvalue weighted by atomic mass is 10.2. The highest BCUT2D eigenvalue weighted by Gasteiger charge is 2.01. The molecular formula is C17H21NO3. The molecule has 4 heteroatoms. The molecule has 0 bridgehead atoms. The third kappa shape index (κ3) is 5.65. The van der Waals surface area contributed by atoms with Gasteiger partial charge < -0.3 is 4.74 Å². The van der Waals surface area contributed by atoms with Crippen molar-refractivity contribution in [2.45, 2.75) is 26.7 Å². The molecular weight excluding hydrogens is 266 g/mol. The number of nitro benzene ring substituents is 1. The summed E-state index contributed by atoms with van der Waals surface area (Å²) in [4.78, 5) is 9.82. The molecule has 2 aromatic rings. The molecule has 2 aromatic carbocycles. The summed E-state index contributed by atoms with van der Waals surface area (Å²) in [5.74, 6) is 0.928. The lowest BCUT2D eigenvalue weighted by molar-refractivity contribution is -0.384. The van der Waals surface area contributed by atoms with Crippen molar-refractivity contribution in [2.24, 2.45) is 0 Å². The molecule has 0 aliphatic heterocycles. The Morgan fingerprint density at radius 1 is 0.905 bits per heavy atom. The number of non-ortho nitro benzene ring substituents is 1. The Morgan fingerprint density at radius 3 is 1.67 bits per heavy atom. The first-order valence-electron chi connectivity index (χ1n) is 6.97. The minimum Gasteiger partial charge on any atom is -0.497 e. The van der Waals surface area contributed by atoms with E-state index in [9.17, 15) is 10.1 Å². The molecule has 0 amide bonds. The average Bonchev–Trinajstić information content (AvgIpc) is 2.55. The van der Waals surface area contributed by atoms with Crippen LogP contribution in [0.4, 0.5) is 5.69 Å². The van der Waals surface area contributed by atoms with Crippen LogP contribution in [0.25, 0.3) is 0 Å². The molecule has 4 nitrogen and oxygen atoms in total. The van der Waals surface area contributed by atoms with E-state index in [0.29, 0.717) is 0 Å². The van der Waals surface area contributed by atoms with Crippen LogP contribution in [-0.4, -0.2) is 12.0 Å². The van der Waals surface area contributed by atoms with Crippen LogP contribution in [-0.2, 0) is 12.8 Å².